The number of methoxy groups -OCH3 is 2. The van der Waals surface area contributed by atoms with Crippen LogP contribution >= 0.6 is 11.6 Å². The Balaban J connectivity index is 1.66. The molecule has 0 aliphatic carbocycles. The van der Waals surface area contributed by atoms with Gasteiger partial charge in [-0.1, -0.05) is 29.8 Å². The number of para-hydroxylation sites is 1. The molecule has 31 heavy (non-hydrogen) atoms. The van der Waals surface area contributed by atoms with E-state index in [1.54, 1.807) is 48.5 Å². The van der Waals surface area contributed by atoms with Crippen LogP contribution in [-0.4, -0.2) is 20.1 Å². The van der Waals surface area contributed by atoms with Crippen LogP contribution in [-0.2, 0) is 0 Å². The first kappa shape index (κ1) is 20.5. The molecular weight excluding hydrogens is 418 g/mol. The third kappa shape index (κ3) is 4.11. The van der Waals surface area contributed by atoms with Gasteiger partial charge >= 0.3 is 5.63 Å². The van der Waals surface area contributed by atoms with Crippen molar-refractivity contribution >= 4 is 34.2 Å². The topological polar surface area (TPSA) is 77.8 Å². The summed E-state index contributed by atoms with van der Waals surface area (Å²) < 4.78 is 16.0. The van der Waals surface area contributed by atoms with E-state index < -0.39 is 5.63 Å². The molecule has 3 aromatic carbocycles. The highest BCUT2D eigenvalue weighted by atomic mass is 35.5. The lowest BCUT2D eigenvalue weighted by atomic mass is 10.0. The van der Waals surface area contributed by atoms with Crippen molar-refractivity contribution in [3.8, 4) is 22.6 Å². The smallest absolute Gasteiger partial charge is 0.344 e. The van der Waals surface area contributed by atoms with Gasteiger partial charge in [0.2, 0.25) is 0 Å². The number of halogens is 1. The standard InChI is InChI=1S/C24H18ClNO5/c1-29-21-10-7-15(12-19(21)25)23(27)26-16-8-9-17(22(13-16)30-2)18-11-14-5-3-4-6-20(14)31-24(18)28/h3-13H,1-2H3,(H,26,27). The highest BCUT2D eigenvalue weighted by Crippen LogP contribution is 2.32. The van der Waals surface area contributed by atoms with Crippen molar-refractivity contribution in [1.82, 2.24) is 0 Å². The van der Waals surface area contributed by atoms with Gasteiger partial charge < -0.3 is 19.2 Å². The maximum atomic E-state index is 12.6. The molecule has 0 bridgehead atoms. The van der Waals surface area contributed by atoms with Crippen LogP contribution in [0.25, 0.3) is 22.1 Å². The summed E-state index contributed by atoms with van der Waals surface area (Å²) in [6, 6.07) is 18.8. The molecule has 0 atom stereocenters. The number of carbonyl (C=O) groups excluding carboxylic acids is 1. The predicted molar refractivity (Wildman–Crippen MR) is 120 cm³/mol. The fourth-order valence-corrected chi connectivity index (χ4v) is 3.51. The van der Waals surface area contributed by atoms with Gasteiger partial charge in [0.05, 0.1) is 24.8 Å². The Morgan fingerprint density at radius 3 is 2.42 bits per heavy atom. The van der Waals surface area contributed by atoms with E-state index in [4.69, 9.17) is 25.5 Å². The van der Waals surface area contributed by atoms with E-state index in [0.29, 0.717) is 44.5 Å². The first-order chi connectivity index (χ1) is 15.0. The highest BCUT2D eigenvalue weighted by molar-refractivity contribution is 6.32. The average molecular weight is 436 g/mol. The van der Waals surface area contributed by atoms with Gasteiger partial charge in [-0.3, -0.25) is 4.79 Å². The Morgan fingerprint density at radius 2 is 1.68 bits per heavy atom. The van der Waals surface area contributed by atoms with Gasteiger partial charge in [-0.2, -0.15) is 0 Å². The van der Waals surface area contributed by atoms with Crippen LogP contribution < -0.4 is 20.4 Å². The summed E-state index contributed by atoms with van der Waals surface area (Å²) in [7, 11) is 3.00. The van der Waals surface area contributed by atoms with E-state index in [9.17, 15) is 9.59 Å². The lowest BCUT2D eigenvalue weighted by Crippen LogP contribution is -2.12. The number of benzene rings is 3. The largest absolute Gasteiger partial charge is 0.496 e. The molecule has 0 aliphatic heterocycles. The van der Waals surface area contributed by atoms with Gasteiger partial charge in [0.25, 0.3) is 5.91 Å². The molecule has 0 radical (unpaired) electrons. The minimum atomic E-state index is -0.471. The number of rotatable bonds is 5. The molecule has 4 rings (SSSR count). The average Bonchev–Trinajstić information content (AvgIpc) is 2.78. The molecule has 1 heterocycles. The van der Waals surface area contributed by atoms with Crippen LogP contribution in [0.15, 0.2) is 75.9 Å². The zero-order valence-corrected chi connectivity index (χ0v) is 17.5. The summed E-state index contributed by atoms with van der Waals surface area (Å²) in [5.41, 5.74) is 1.86. The van der Waals surface area contributed by atoms with E-state index in [2.05, 4.69) is 5.32 Å². The lowest BCUT2D eigenvalue weighted by Gasteiger charge is -2.12. The Bertz CT molecular complexity index is 1350. The molecular formula is C24H18ClNO5. The van der Waals surface area contributed by atoms with E-state index in [1.165, 1.54) is 20.3 Å². The van der Waals surface area contributed by atoms with Crippen molar-refractivity contribution in [3.63, 3.8) is 0 Å². The van der Waals surface area contributed by atoms with E-state index in [1.807, 2.05) is 12.1 Å². The van der Waals surface area contributed by atoms with Crippen molar-refractivity contribution in [2.45, 2.75) is 0 Å². The van der Waals surface area contributed by atoms with Crippen LogP contribution in [0.1, 0.15) is 10.4 Å². The zero-order chi connectivity index (χ0) is 22.0. The number of nitrogens with one attached hydrogen (secondary N) is 1. The predicted octanol–water partition coefficient (Wildman–Crippen LogP) is 5.38. The second-order valence-electron chi connectivity index (χ2n) is 6.70. The van der Waals surface area contributed by atoms with Gasteiger partial charge in [0.1, 0.15) is 17.1 Å². The normalized spacial score (nSPS) is 10.7. The van der Waals surface area contributed by atoms with Crippen molar-refractivity contribution in [2.75, 3.05) is 19.5 Å². The summed E-state index contributed by atoms with van der Waals surface area (Å²) >= 11 is 6.11. The Kier molecular flexibility index (Phi) is 5.64. The second kappa shape index (κ2) is 8.53. The molecule has 0 unspecified atom stereocenters. The van der Waals surface area contributed by atoms with Crippen LogP contribution in [0.4, 0.5) is 5.69 Å². The van der Waals surface area contributed by atoms with Crippen LogP contribution in [0.3, 0.4) is 0 Å². The fraction of sp³-hybridized carbons (Fsp3) is 0.0833. The van der Waals surface area contributed by atoms with Crippen molar-refractivity contribution in [3.05, 3.63) is 87.7 Å². The van der Waals surface area contributed by atoms with E-state index in [-0.39, 0.29) is 5.91 Å². The van der Waals surface area contributed by atoms with Gasteiger partial charge in [0.15, 0.2) is 0 Å². The van der Waals surface area contributed by atoms with Crippen LogP contribution in [0.5, 0.6) is 11.5 Å². The Morgan fingerprint density at radius 1 is 0.903 bits per heavy atom. The second-order valence-corrected chi connectivity index (χ2v) is 7.11. The molecule has 156 valence electrons. The van der Waals surface area contributed by atoms with Crippen molar-refractivity contribution < 1.29 is 18.7 Å². The molecule has 1 aromatic heterocycles. The van der Waals surface area contributed by atoms with Gasteiger partial charge in [-0.15, -0.1) is 0 Å². The number of hydrogen-bond donors (Lipinski definition) is 1. The number of carbonyl (C=O) groups is 1. The first-order valence-electron chi connectivity index (χ1n) is 9.36. The van der Waals surface area contributed by atoms with Crippen molar-refractivity contribution in [1.29, 1.82) is 0 Å². The molecule has 0 spiro atoms. The molecule has 0 saturated heterocycles. The summed E-state index contributed by atoms with van der Waals surface area (Å²) in [5, 5.41) is 3.94. The third-order valence-electron chi connectivity index (χ3n) is 4.80. The lowest BCUT2D eigenvalue weighted by molar-refractivity contribution is 0.102. The first-order valence-corrected chi connectivity index (χ1v) is 9.74. The maximum absolute atomic E-state index is 12.6. The van der Waals surface area contributed by atoms with Crippen LogP contribution in [0.2, 0.25) is 5.02 Å². The van der Waals surface area contributed by atoms with Crippen molar-refractivity contribution in [2.24, 2.45) is 0 Å². The molecule has 0 saturated carbocycles. The number of anilines is 1. The SMILES string of the molecule is COc1ccc(C(=O)Nc2ccc(-c3cc4ccccc4oc3=O)c(OC)c2)cc1Cl. The fourth-order valence-electron chi connectivity index (χ4n) is 3.25. The Labute approximate surface area is 183 Å². The Hall–Kier alpha value is -3.77. The quantitative estimate of drug-likeness (QED) is 0.425. The van der Waals surface area contributed by atoms with E-state index in [0.717, 1.165) is 5.39 Å². The number of fused-ring (bicyclic) bond motifs is 1. The molecule has 4 aromatic rings. The monoisotopic (exact) mass is 435 g/mol. The number of ether oxygens (including phenoxy) is 2. The van der Waals surface area contributed by atoms with Gasteiger partial charge in [0, 0.05) is 28.3 Å². The summed E-state index contributed by atoms with van der Waals surface area (Å²) in [4.78, 5) is 25.1. The molecule has 0 aliphatic rings. The molecule has 7 heteroatoms. The van der Waals surface area contributed by atoms with E-state index >= 15 is 0 Å². The summed E-state index contributed by atoms with van der Waals surface area (Å²) in [5.74, 6) is 0.566. The number of amides is 1. The van der Waals surface area contributed by atoms with Gasteiger partial charge in [-0.05, 0) is 42.5 Å². The van der Waals surface area contributed by atoms with Crippen LogP contribution in [0, 0.1) is 0 Å². The molecule has 0 fully saturated rings. The summed E-state index contributed by atoms with van der Waals surface area (Å²) in [6.45, 7) is 0. The maximum Gasteiger partial charge on any atom is 0.344 e. The van der Waals surface area contributed by atoms with Gasteiger partial charge in [-0.25, -0.2) is 4.79 Å². The zero-order valence-electron chi connectivity index (χ0n) is 16.8. The highest BCUT2D eigenvalue weighted by Gasteiger charge is 2.15. The minimum Gasteiger partial charge on any atom is -0.496 e. The molecule has 1 N–H and O–H groups in total. The number of hydrogen-bond acceptors (Lipinski definition) is 5. The summed E-state index contributed by atoms with van der Waals surface area (Å²) in [6.07, 6.45) is 0. The third-order valence-corrected chi connectivity index (χ3v) is 5.10. The minimum absolute atomic E-state index is 0.339. The molecule has 1 amide bonds. The molecule has 6 nitrogen and oxygen atoms in total.